The van der Waals surface area contributed by atoms with Gasteiger partial charge >= 0.3 is 11.6 Å². The maximum Gasteiger partial charge on any atom is 0.349 e. The van der Waals surface area contributed by atoms with E-state index in [1.54, 1.807) is 43.8 Å². The normalized spacial score (nSPS) is 12.2. The zero-order valence-corrected chi connectivity index (χ0v) is 17.1. The lowest BCUT2D eigenvalue weighted by Gasteiger charge is -2.18. The van der Waals surface area contributed by atoms with Gasteiger partial charge < -0.3 is 14.5 Å². The molecule has 0 aliphatic carbocycles. The monoisotopic (exact) mass is 441 g/mol. The molecule has 1 aromatic carbocycles. The van der Waals surface area contributed by atoms with Crippen molar-refractivity contribution in [3.63, 3.8) is 0 Å². The topological polar surface area (TPSA) is 85.6 Å². The molecule has 0 saturated heterocycles. The molecule has 8 heteroatoms. The van der Waals surface area contributed by atoms with Crippen LogP contribution in [-0.4, -0.2) is 36.0 Å². The minimum Gasteiger partial charge on any atom is -0.461 e. The van der Waals surface area contributed by atoms with Gasteiger partial charge in [-0.15, -0.1) is 0 Å². The first kappa shape index (κ1) is 20.5. The van der Waals surface area contributed by atoms with E-state index in [0.717, 1.165) is 4.47 Å². The molecule has 1 aromatic heterocycles. The minimum absolute atomic E-state index is 0.151. The highest BCUT2D eigenvalue weighted by Crippen LogP contribution is 2.19. The van der Waals surface area contributed by atoms with Crippen LogP contribution < -0.4 is 10.9 Å². The van der Waals surface area contributed by atoms with Crippen LogP contribution in [0.4, 0.5) is 0 Å². The number of ether oxygens (including phenoxy) is 1. The van der Waals surface area contributed by atoms with Crippen molar-refractivity contribution in [2.75, 3.05) is 12.0 Å². The average Bonchev–Trinajstić information content (AvgIpc) is 2.57. The molecule has 1 unspecified atom stereocenters. The summed E-state index contributed by atoms with van der Waals surface area (Å²) in [6.45, 7) is 3.47. The Morgan fingerprint density at radius 1 is 1.31 bits per heavy atom. The number of nitrogens with one attached hydrogen (secondary N) is 1. The first-order valence-electron chi connectivity index (χ1n) is 8.05. The van der Waals surface area contributed by atoms with Crippen LogP contribution in [0, 0.1) is 0 Å². The summed E-state index contributed by atoms with van der Waals surface area (Å²) in [7, 11) is 0. The fourth-order valence-corrected chi connectivity index (χ4v) is 3.14. The maximum atomic E-state index is 12.6. The Labute approximate surface area is 163 Å². The number of hydrogen-bond acceptors (Lipinski definition) is 6. The lowest BCUT2D eigenvalue weighted by atomic mass is 10.1. The second-order valence-corrected chi connectivity index (χ2v) is 7.82. The molecule has 0 saturated carbocycles. The average molecular weight is 442 g/mol. The van der Waals surface area contributed by atoms with Crippen molar-refractivity contribution < 1.29 is 18.7 Å². The van der Waals surface area contributed by atoms with Crippen LogP contribution in [0.1, 0.15) is 30.6 Å². The van der Waals surface area contributed by atoms with Gasteiger partial charge in [0.15, 0.2) is 0 Å². The first-order valence-corrected chi connectivity index (χ1v) is 10.2. The summed E-state index contributed by atoms with van der Waals surface area (Å²) in [5.74, 6) is -0.514. The van der Waals surface area contributed by atoms with Crippen LogP contribution >= 0.6 is 27.7 Å². The highest BCUT2D eigenvalue weighted by atomic mass is 79.9. The van der Waals surface area contributed by atoms with Gasteiger partial charge in [0.2, 0.25) is 0 Å². The van der Waals surface area contributed by atoms with Gasteiger partial charge in [0.1, 0.15) is 17.2 Å². The molecule has 0 aliphatic rings. The van der Waals surface area contributed by atoms with Crippen LogP contribution in [0.15, 0.2) is 37.9 Å². The van der Waals surface area contributed by atoms with Crippen LogP contribution in [0.3, 0.4) is 0 Å². The third-order valence-electron chi connectivity index (χ3n) is 3.49. The fraction of sp³-hybridized carbons (Fsp3) is 0.389. The summed E-state index contributed by atoms with van der Waals surface area (Å²) in [5.41, 5.74) is -0.520. The highest BCUT2D eigenvalue weighted by Gasteiger charge is 2.25. The van der Waals surface area contributed by atoms with Gasteiger partial charge in [0.25, 0.3) is 5.91 Å². The van der Waals surface area contributed by atoms with Gasteiger partial charge in [-0.05, 0) is 56.5 Å². The molecule has 6 nitrogen and oxygen atoms in total. The van der Waals surface area contributed by atoms with E-state index in [1.807, 2.05) is 6.26 Å². The molecule has 1 heterocycles. The Kier molecular flexibility index (Phi) is 7.28. The molecule has 26 heavy (non-hydrogen) atoms. The van der Waals surface area contributed by atoms with E-state index in [1.165, 1.54) is 6.07 Å². The molecule has 2 aromatic rings. The largest absolute Gasteiger partial charge is 0.461 e. The number of thioether (sulfide) groups is 1. The molecule has 2 rings (SSSR count). The SMILES string of the molecule is CSCCC(NC(=O)c1cc2cc(Br)ccc2oc1=O)C(=O)OC(C)C. The number of amides is 1. The van der Waals surface area contributed by atoms with Crippen molar-refractivity contribution in [3.8, 4) is 0 Å². The van der Waals surface area contributed by atoms with Crippen molar-refractivity contribution in [1.82, 2.24) is 5.32 Å². The molecule has 1 atom stereocenters. The van der Waals surface area contributed by atoms with Crippen molar-refractivity contribution >= 4 is 50.5 Å². The first-order chi connectivity index (χ1) is 12.3. The van der Waals surface area contributed by atoms with E-state index in [2.05, 4.69) is 21.2 Å². The summed E-state index contributed by atoms with van der Waals surface area (Å²) in [6.07, 6.45) is 2.02. The van der Waals surface area contributed by atoms with Gasteiger partial charge in [0, 0.05) is 9.86 Å². The third-order valence-corrected chi connectivity index (χ3v) is 4.63. The Bertz CT molecular complexity index is 864. The number of carbonyl (C=O) groups excluding carboxylic acids is 2. The number of esters is 1. The second-order valence-electron chi connectivity index (χ2n) is 5.92. The van der Waals surface area contributed by atoms with Gasteiger partial charge in [-0.25, -0.2) is 9.59 Å². The quantitative estimate of drug-likeness (QED) is 0.523. The number of benzene rings is 1. The Morgan fingerprint density at radius 2 is 2.04 bits per heavy atom. The summed E-state index contributed by atoms with van der Waals surface area (Å²) in [4.78, 5) is 36.9. The number of hydrogen-bond donors (Lipinski definition) is 1. The van der Waals surface area contributed by atoms with Gasteiger partial charge in [-0.2, -0.15) is 11.8 Å². The lowest BCUT2D eigenvalue weighted by Crippen LogP contribution is -2.44. The van der Waals surface area contributed by atoms with Crippen molar-refractivity contribution in [1.29, 1.82) is 0 Å². The van der Waals surface area contributed by atoms with Gasteiger partial charge in [0.05, 0.1) is 6.10 Å². The van der Waals surface area contributed by atoms with Crippen molar-refractivity contribution in [2.24, 2.45) is 0 Å². The maximum absolute atomic E-state index is 12.6. The molecule has 0 spiro atoms. The van der Waals surface area contributed by atoms with Crippen LogP contribution in [0.2, 0.25) is 0 Å². The molecule has 0 fully saturated rings. The van der Waals surface area contributed by atoms with E-state index < -0.39 is 23.5 Å². The molecule has 140 valence electrons. The number of carbonyl (C=O) groups is 2. The van der Waals surface area contributed by atoms with E-state index in [-0.39, 0.29) is 11.7 Å². The number of halogens is 1. The Hall–Kier alpha value is -1.80. The van der Waals surface area contributed by atoms with Crippen LogP contribution in [0.25, 0.3) is 11.0 Å². The van der Waals surface area contributed by atoms with E-state index in [4.69, 9.17) is 9.15 Å². The summed E-state index contributed by atoms with van der Waals surface area (Å²) in [5, 5.41) is 3.20. The molecule has 0 radical (unpaired) electrons. The fourth-order valence-electron chi connectivity index (χ4n) is 2.29. The Balaban J connectivity index is 2.27. The van der Waals surface area contributed by atoms with E-state index >= 15 is 0 Å². The molecule has 0 aliphatic heterocycles. The highest BCUT2D eigenvalue weighted by molar-refractivity contribution is 9.10. The van der Waals surface area contributed by atoms with Crippen molar-refractivity contribution in [2.45, 2.75) is 32.4 Å². The molecule has 1 amide bonds. The Morgan fingerprint density at radius 3 is 2.69 bits per heavy atom. The molecule has 0 bridgehead atoms. The van der Waals surface area contributed by atoms with Crippen LogP contribution in [-0.2, 0) is 9.53 Å². The second kappa shape index (κ2) is 9.23. The minimum atomic E-state index is -0.824. The third kappa shape index (κ3) is 5.35. The molecular weight excluding hydrogens is 422 g/mol. The predicted octanol–water partition coefficient (Wildman–Crippen LogP) is 3.36. The predicted molar refractivity (Wildman–Crippen MR) is 106 cm³/mol. The van der Waals surface area contributed by atoms with E-state index in [9.17, 15) is 14.4 Å². The zero-order valence-electron chi connectivity index (χ0n) is 14.7. The lowest BCUT2D eigenvalue weighted by molar-refractivity contribution is -0.149. The molecular formula is C18H20BrNO5S. The van der Waals surface area contributed by atoms with E-state index in [0.29, 0.717) is 23.1 Å². The van der Waals surface area contributed by atoms with Crippen molar-refractivity contribution in [3.05, 3.63) is 44.7 Å². The summed E-state index contributed by atoms with van der Waals surface area (Å²) >= 11 is 4.89. The number of rotatable bonds is 7. The number of fused-ring (bicyclic) bond motifs is 1. The summed E-state index contributed by atoms with van der Waals surface area (Å²) in [6, 6.07) is 5.76. The van der Waals surface area contributed by atoms with Crippen LogP contribution in [0.5, 0.6) is 0 Å². The zero-order chi connectivity index (χ0) is 19.3. The smallest absolute Gasteiger partial charge is 0.349 e. The van der Waals surface area contributed by atoms with Gasteiger partial charge in [-0.3, -0.25) is 4.79 Å². The molecule has 1 N–H and O–H groups in total. The summed E-state index contributed by atoms with van der Waals surface area (Å²) < 4.78 is 11.2. The van der Waals surface area contributed by atoms with Gasteiger partial charge in [-0.1, -0.05) is 15.9 Å². The standard InChI is InChI=1S/C18H20BrNO5S/c1-10(2)24-18(23)14(6-7-26-3)20-16(21)13-9-11-8-12(19)4-5-15(11)25-17(13)22/h4-5,8-10,14H,6-7H2,1-3H3,(H,20,21).